The molecule has 0 bridgehead atoms. The van der Waals surface area contributed by atoms with Crippen LogP contribution in [0.25, 0.3) is 11.3 Å². The molecule has 0 aliphatic rings. The van der Waals surface area contributed by atoms with Crippen molar-refractivity contribution in [3.63, 3.8) is 0 Å². The van der Waals surface area contributed by atoms with E-state index in [4.69, 9.17) is 4.74 Å². The standard InChI is InChI=1S/C16H22N4O/c1-4-7-18-15-9-14(13-6-8-17-10-12(13)3)19-16(20-15)11-21-5-2/h6,8-10H,4-5,7,11H2,1-3H3,(H,18,19,20). The first-order valence-corrected chi connectivity index (χ1v) is 7.35. The third kappa shape index (κ3) is 4.23. The number of nitrogens with one attached hydrogen (secondary N) is 1. The van der Waals surface area contributed by atoms with E-state index in [9.17, 15) is 0 Å². The molecular formula is C16H22N4O. The Hall–Kier alpha value is -2.01. The summed E-state index contributed by atoms with van der Waals surface area (Å²) in [5.74, 6) is 1.54. The van der Waals surface area contributed by atoms with Crippen molar-refractivity contribution < 1.29 is 4.74 Å². The third-order valence-corrected chi connectivity index (χ3v) is 3.06. The normalized spacial score (nSPS) is 10.6. The number of pyridine rings is 1. The zero-order chi connectivity index (χ0) is 15.1. The molecule has 0 spiro atoms. The van der Waals surface area contributed by atoms with Crippen molar-refractivity contribution >= 4 is 5.82 Å². The second kappa shape index (κ2) is 7.69. The van der Waals surface area contributed by atoms with Crippen LogP contribution in [0.15, 0.2) is 24.5 Å². The Morgan fingerprint density at radius 3 is 2.81 bits per heavy atom. The summed E-state index contributed by atoms with van der Waals surface area (Å²) >= 11 is 0. The molecule has 112 valence electrons. The van der Waals surface area contributed by atoms with Gasteiger partial charge in [0.2, 0.25) is 0 Å². The lowest BCUT2D eigenvalue weighted by molar-refractivity contribution is 0.128. The molecule has 5 nitrogen and oxygen atoms in total. The number of aromatic nitrogens is 3. The Morgan fingerprint density at radius 1 is 1.24 bits per heavy atom. The van der Waals surface area contributed by atoms with E-state index in [1.807, 2.05) is 32.2 Å². The van der Waals surface area contributed by atoms with Gasteiger partial charge in [-0.2, -0.15) is 0 Å². The molecule has 2 aromatic rings. The lowest BCUT2D eigenvalue weighted by Gasteiger charge is -2.11. The fourth-order valence-electron chi connectivity index (χ4n) is 2.00. The first-order chi connectivity index (χ1) is 10.2. The molecule has 0 aliphatic heterocycles. The number of hydrogen-bond donors (Lipinski definition) is 1. The Balaban J connectivity index is 2.36. The number of hydrogen-bond acceptors (Lipinski definition) is 5. The van der Waals surface area contributed by atoms with Gasteiger partial charge in [-0.05, 0) is 31.9 Å². The van der Waals surface area contributed by atoms with Gasteiger partial charge in [0.1, 0.15) is 12.4 Å². The summed E-state index contributed by atoms with van der Waals surface area (Å²) in [5.41, 5.74) is 3.07. The molecule has 0 unspecified atom stereocenters. The quantitative estimate of drug-likeness (QED) is 0.847. The molecule has 0 amide bonds. The summed E-state index contributed by atoms with van der Waals surface area (Å²) < 4.78 is 5.44. The Bertz CT molecular complexity index is 560. The van der Waals surface area contributed by atoms with Gasteiger partial charge in [0.05, 0.1) is 5.69 Å². The first kappa shape index (κ1) is 15.4. The van der Waals surface area contributed by atoms with E-state index in [0.717, 1.165) is 35.6 Å². The highest BCUT2D eigenvalue weighted by atomic mass is 16.5. The van der Waals surface area contributed by atoms with Gasteiger partial charge >= 0.3 is 0 Å². The monoisotopic (exact) mass is 286 g/mol. The SMILES string of the molecule is CCCNc1cc(-c2ccncc2C)nc(COCC)n1. The maximum Gasteiger partial charge on any atom is 0.157 e. The molecule has 2 aromatic heterocycles. The van der Waals surface area contributed by atoms with Crippen LogP contribution in [0, 0.1) is 6.92 Å². The lowest BCUT2D eigenvalue weighted by Crippen LogP contribution is -2.07. The highest BCUT2D eigenvalue weighted by molar-refractivity contribution is 5.65. The molecule has 21 heavy (non-hydrogen) atoms. The highest BCUT2D eigenvalue weighted by Crippen LogP contribution is 2.22. The molecule has 2 heterocycles. The zero-order valence-electron chi connectivity index (χ0n) is 12.9. The van der Waals surface area contributed by atoms with Gasteiger partial charge in [0, 0.05) is 37.2 Å². The molecule has 0 aromatic carbocycles. The Labute approximate surface area is 125 Å². The summed E-state index contributed by atoms with van der Waals surface area (Å²) in [7, 11) is 0. The minimum absolute atomic E-state index is 0.426. The van der Waals surface area contributed by atoms with Gasteiger partial charge in [0.15, 0.2) is 5.82 Å². The number of nitrogens with zero attached hydrogens (tertiary/aromatic N) is 3. The molecular weight excluding hydrogens is 264 g/mol. The zero-order valence-corrected chi connectivity index (χ0v) is 12.9. The number of rotatable bonds is 7. The minimum atomic E-state index is 0.426. The van der Waals surface area contributed by atoms with Crippen LogP contribution in [0.1, 0.15) is 31.7 Å². The fourth-order valence-corrected chi connectivity index (χ4v) is 2.00. The van der Waals surface area contributed by atoms with E-state index in [0.29, 0.717) is 19.0 Å². The second-order valence-electron chi connectivity index (χ2n) is 4.81. The van der Waals surface area contributed by atoms with Crippen LogP contribution < -0.4 is 5.32 Å². The summed E-state index contributed by atoms with van der Waals surface area (Å²) in [6.07, 6.45) is 4.68. The van der Waals surface area contributed by atoms with Crippen molar-refractivity contribution in [2.24, 2.45) is 0 Å². The smallest absolute Gasteiger partial charge is 0.157 e. The molecule has 2 rings (SSSR count). The van der Waals surface area contributed by atoms with E-state index in [-0.39, 0.29) is 0 Å². The van der Waals surface area contributed by atoms with Crippen molar-refractivity contribution in [1.82, 2.24) is 15.0 Å². The Morgan fingerprint density at radius 2 is 2.10 bits per heavy atom. The topological polar surface area (TPSA) is 59.9 Å². The molecule has 0 radical (unpaired) electrons. The first-order valence-electron chi connectivity index (χ1n) is 7.35. The van der Waals surface area contributed by atoms with Crippen LogP contribution in [0.3, 0.4) is 0 Å². The van der Waals surface area contributed by atoms with E-state index in [2.05, 4.69) is 27.2 Å². The van der Waals surface area contributed by atoms with Crippen LogP contribution >= 0.6 is 0 Å². The average molecular weight is 286 g/mol. The summed E-state index contributed by atoms with van der Waals surface area (Å²) in [6, 6.07) is 3.96. The van der Waals surface area contributed by atoms with E-state index in [1.165, 1.54) is 0 Å². The summed E-state index contributed by atoms with van der Waals surface area (Å²) in [6.45, 7) is 8.09. The highest BCUT2D eigenvalue weighted by Gasteiger charge is 2.09. The second-order valence-corrected chi connectivity index (χ2v) is 4.81. The molecule has 0 atom stereocenters. The van der Waals surface area contributed by atoms with Crippen LogP contribution in [0.5, 0.6) is 0 Å². The molecule has 0 aliphatic carbocycles. The van der Waals surface area contributed by atoms with Crippen molar-refractivity contribution in [2.75, 3.05) is 18.5 Å². The van der Waals surface area contributed by atoms with Crippen LogP contribution in [-0.2, 0) is 11.3 Å². The molecule has 5 heteroatoms. The van der Waals surface area contributed by atoms with E-state index >= 15 is 0 Å². The summed E-state index contributed by atoms with van der Waals surface area (Å²) in [4.78, 5) is 13.2. The predicted octanol–water partition coefficient (Wildman–Crippen LogP) is 3.21. The van der Waals surface area contributed by atoms with Crippen molar-refractivity contribution in [2.45, 2.75) is 33.8 Å². The maximum absolute atomic E-state index is 5.44. The third-order valence-electron chi connectivity index (χ3n) is 3.06. The van der Waals surface area contributed by atoms with Crippen LogP contribution in [-0.4, -0.2) is 28.1 Å². The minimum Gasteiger partial charge on any atom is -0.374 e. The van der Waals surface area contributed by atoms with Gasteiger partial charge in [-0.1, -0.05) is 6.92 Å². The molecule has 0 fully saturated rings. The van der Waals surface area contributed by atoms with E-state index < -0.39 is 0 Å². The lowest BCUT2D eigenvalue weighted by atomic mass is 10.1. The van der Waals surface area contributed by atoms with Gasteiger partial charge in [0.25, 0.3) is 0 Å². The van der Waals surface area contributed by atoms with Crippen molar-refractivity contribution in [3.8, 4) is 11.3 Å². The van der Waals surface area contributed by atoms with Crippen LogP contribution in [0.2, 0.25) is 0 Å². The molecule has 0 saturated heterocycles. The van der Waals surface area contributed by atoms with Gasteiger partial charge < -0.3 is 10.1 Å². The average Bonchev–Trinajstić information content (AvgIpc) is 2.51. The van der Waals surface area contributed by atoms with Gasteiger partial charge in [-0.25, -0.2) is 9.97 Å². The maximum atomic E-state index is 5.44. The molecule has 0 saturated carbocycles. The largest absolute Gasteiger partial charge is 0.374 e. The predicted molar refractivity (Wildman–Crippen MR) is 84.1 cm³/mol. The Kier molecular flexibility index (Phi) is 5.63. The molecule has 1 N–H and O–H groups in total. The van der Waals surface area contributed by atoms with Crippen LogP contribution in [0.4, 0.5) is 5.82 Å². The fraction of sp³-hybridized carbons (Fsp3) is 0.438. The van der Waals surface area contributed by atoms with Crippen molar-refractivity contribution in [1.29, 1.82) is 0 Å². The number of anilines is 1. The summed E-state index contributed by atoms with van der Waals surface area (Å²) in [5, 5.41) is 3.32. The van der Waals surface area contributed by atoms with Gasteiger partial charge in [-0.15, -0.1) is 0 Å². The van der Waals surface area contributed by atoms with Gasteiger partial charge in [-0.3, -0.25) is 4.98 Å². The number of ether oxygens (including phenoxy) is 1. The van der Waals surface area contributed by atoms with Crippen molar-refractivity contribution in [3.05, 3.63) is 35.9 Å². The number of aryl methyl sites for hydroxylation is 1. The van der Waals surface area contributed by atoms with E-state index in [1.54, 1.807) is 6.20 Å².